The lowest BCUT2D eigenvalue weighted by Gasteiger charge is -2.08. The molecule has 0 fully saturated rings. The number of hydrogen-bond acceptors (Lipinski definition) is 6. The number of methoxy groups -OCH3 is 1. The molecule has 7 nitrogen and oxygen atoms in total. The molecule has 9 heteroatoms. The average Bonchev–Trinajstić information content (AvgIpc) is 3.30. The molecular formula is C26H24N2O5S2. The number of aryl methyl sites for hydroxylation is 1. The van der Waals surface area contributed by atoms with E-state index in [0.29, 0.717) is 17.0 Å². The summed E-state index contributed by atoms with van der Waals surface area (Å²) in [5, 5.41) is 3.72. The first-order valence-electron chi connectivity index (χ1n) is 10.9. The van der Waals surface area contributed by atoms with Crippen LogP contribution in [0.25, 0.3) is 10.1 Å². The summed E-state index contributed by atoms with van der Waals surface area (Å²) in [5.74, 6) is -0.545. The molecule has 1 aromatic heterocycles. The lowest BCUT2D eigenvalue weighted by Crippen LogP contribution is -2.23. The van der Waals surface area contributed by atoms with Crippen LogP contribution in [0.2, 0.25) is 0 Å². The van der Waals surface area contributed by atoms with Gasteiger partial charge in [0.25, 0.3) is 0 Å². The van der Waals surface area contributed by atoms with E-state index in [0.717, 1.165) is 21.2 Å². The van der Waals surface area contributed by atoms with E-state index in [1.165, 1.54) is 18.4 Å². The van der Waals surface area contributed by atoms with Gasteiger partial charge in [-0.05, 0) is 59.3 Å². The molecule has 4 aromatic rings. The van der Waals surface area contributed by atoms with E-state index < -0.39 is 10.0 Å². The Hall–Kier alpha value is -3.53. The van der Waals surface area contributed by atoms with Crippen molar-refractivity contribution in [2.75, 3.05) is 12.4 Å². The molecule has 0 aliphatic carbocycles. The third-order valence-corrected chi connectivity index (χ3v) is 7.88. The SMILES string of the molecule is COC(=O)c1cc2cc(NC(=O)CCc3ccc(S(=O)(=O)NCc4ccccc4)cc3)ccc2s1. The molecule has 180 valence electrons. The maximum atomic E-state index is 12.5. The third kappa shape index (κ3) is 6.33. The Morgan fingerprint density at radius 1 is 0.914 bits per heavy atom. The van der Waals surface area contributed by atoms with Crippen molar-refractivity contribution in [2.24, 2.45) is 0 Å². The summed E-state index contributed by atoms with van der Waals surface area (Å²) in [5.41, 5.74) is 2.38. The van der Waals surface area contributed by atoms with Gasteiger partial charge in [0.05, 0.1) is 12.0 Å². The number of amides is 1. The van der Waals surface area contributed by atoms with Gasteiger partial charge >= 0.3 is 5.97 Å². The number of rotatable bonds is 9. The van der Waals surface area contributed by atoms with Crippen LogP contribution in [0.1, 0.15) is 27.2 Å². The van der Waals surface area contributed by atoms with Gasteiger partial charge in [-0.15, -0.1) is 11.3 Å². The van der Waals surface area contributed by atoms with Crippen LogP contribution >= 0.6 is 11.3 Å². The lowest BCUT2D eigenvalue weighted by atomic mass is 10.1. The minimum absolute atomic E-state index is 0.158. The van der Waals surface area contributed by atoms with E-state index in [1.54, 1.807) is 36.4 Å². The second-order valence-electron chi connectivity index (χ2n) is 7.86. The number of hydrogen-bond donors (Lipinski definition) is 2. The van der Waals surface area contributed by atoms with Crippen molar-refractivity contribution in [3.8, 4) is 0 Å². The van der Waals surface area contributed by atoms with Crippen LogP contribution in [0.3, 0.4) is 0 Å². The first kappa shape index (κ1) is 24.6. The van der Waals surface area contributed by atoms with Gasteiger partial charge in [-0.25, -0.2) is 17.9 Å². The Kier molecular flexibility index (Phi) is 7.60. The number of carbonyl (C=O) groups is 2. The van der Waals surface area contributed by atoms with Gasteiger partial charge < -0.3 is 10.1 Å². The molecule has 1 amide bonds. The second kappa shape index (κ2) is 10.8. The average molecular weight is 509 g/mol. The van der Waals surface area contributed by atoms with E-state index in [2.05, 4.69) is 10.0 Å². The number of benzene rings is 3. The smallest absolute Gasteiger partial charge is 0.348 e. The van der Waals surface area contributed by atoms with Crippen molar-refractivity contribution in [1.29, 1.82) is 0 Å². The molecule has 0 saturated heterocycles. The van der Waals surface area contributed by atoms with Crippen LogP contribution in [0, 0.1) is 0 Å². The summed E-state index contributed by atoms with van der Waals surface area (Å²) in [6.07, 6.45) is 0.713. The quantitative estimate of drug-likeness (QED) is 0.318. The van der Waals surface area contributed by atoms with Gasteiger partial charge in [0.15, 0.2) is 0 Å². The minimum atomic E-state index is -3.63. The molecule has 35 heavy (non-hydrogen) atoms. The van der Waals surface area contributed by atoms with Crippen molar-refractivity contribution in [3.05, 3.63) is 94.9 Å². The number of nitrogens with one attached hydrogen (secondary N) is 2. The van der Waals surface area contributed by atoms with Gasteiger partial charge in [0.1, 0.15) is 4.88 Å². The first-order chi connectivity index (χ1) is 16.8. The van der Waals surface area contributed by atoms with Crippen LogP contribution < -0.4 is 10.0 Å². The molecule has 0 unspecified atom stereocenters. The van der Waals surface area contributed by atoms with Gasteiger partial charge in [0.2, 0.25) is 15.9 Å². The highest BCUT2D eigenvalue weighted by Crippen LogP contribution is 2.28. The maximum absolute atomic E-state index is 12.5. The Balaban J connectivity index is 1.31. The molecule has 0 spiro atoms. The molecule has 0 atom stereocenters. The zero-order chi connectivity index (χ0) is 24.8. The number of carbonyl (C=O) groups excluding carboxylic acids is 2. The highest BCUT2D eigenvalue weighted by molar-refractivity contribution is 7.89. The maximum Gasteiger partial charge on any atom is 0.348 e. The molecule has 0 bridgehead atoms. The molecule has 0 radical (unpaired) electrons. The zero-order valence-corrected chi connectivity index (χ0v) is 20.6. The van der Waals surface area contributed by atoms with Gasteiger partial charge in [-0.2, -0.15) is 0 Å². The van der Waals surface area contributed by atoms with Crippen molar-refractivity contribution in [1.82, 2.24) is 4.72 Å². The predicted octanol–water partition coefficient (Wildman–Crippen LogP) is 4.74. The molecular weight excluding hydrogens is 484 g/mol. The Morgan fingerprint density at radius 3 is 2.37 bits per heavy atom. The number of ether oxygens (including phenoxy) is 1. The summed E-state index contributed by atoms with van der Waals surface area (Å²) in [7, 11) is -2.29. The number of sulfonamides is 1. The van der Waals surface area contributed by atoms with Gasteiger partial charge in [-0.3, -0.25) is 4.79 Å². The van der Waals surface area contributed by atoms with Crippen molar-refractivity contribution < 1.29 is 22.7 Å². The van der Waals surface area contributed by atoms with E-state index in [4.69, 9.17) is 4.74 Å². The van der Waals surface area contributed by atoms with Gasteiger partial charge in [0, 0.05) is 23.4 Å². The van der Waals surface area contributed by atoms with E-state index in [1.807, 2.05) is 42.5 Å². The minimum Gasteiger partial charge on any atom is -0.465 e. The summed E-state index contributed by atoms with van der Waals surface area (Å²) in [6, 6.07) is 23.0. The van der Waals surface area contributed by atoms with E-state index in [-0.39, 0.29) is 29.7 Å². The lowest BCUT2D eigenvalue weighted by molar-refractivity contribution is -0.116. The van der Waals surface area contributed by atoms with Crippen LogP contribution in [0.4, 0.5) is 5.69 Å². The normalized spacial score (nSPS) is 11.3. The van der Waals surface area contributed by atoms with Crippen LogP contribution in [-0.2, 0) is 32.5 Å². The molecule has 4 rings (SSSR count). The van der Waals surface area contributed by atoms with Gasteiger partial charge in [-0.1, -0.05) is 42.5 Å². The number of fused-ring (bicyclic) bond motifs is 1. The summed E-state index contributed by atoms with van der Waals surface area (Å²) in [4.78, 5) is 24.8. The first-order valence-corrected chi connectivity index (χ1v) is 13.2. The number of anilines is 1. The fraction of sp³-hybridized carbons (Fsp3) is 0.154. The Bertz CT molecular complexity index is 1450. The highest BCUT2D eigenvalue weighted by atomic mass is 32.2. The molecule has 0 aliphatic rings. The Labute approximate surface area is 207 Å². The standard InChI is InChI=1S/C26H24N2O5S2/c1-33-26(30)24-16-20-15-21(10-13-23(20)34-24)28-25(29)14-9-18-7-11-22(12-8-18)35(31,32)27-17-19-5-3-2-4-6-19/h2-8,10-13,15-16,27H,9,14,17H2,1H3,(H,28,29). The summed E-state index contributed by atoms with van der Waals surface area (Å²) in [6.45, 7) is 0.215. The fourth-order valence-electron chi connectivity index (χ4n) is 3.50. The molecule has 3 aromatic carbocycles. The molecule has 1 heterocycles. The van der Waals surface area contributed by atoms with Crippen molar-refractivity contribution >= 4 is 49.0 Å². The summed E-state index contributed by atoms with van der Waals surface area (Å²) >= 11 is 1.34. The molecule has 2 N–H and O–H groups in total. The Morgan fingerprint density at radius 2 is 1.66 bits per heavy atom. The fourth-order valence-corrected chi connectivity index (χ4v) is 5.48. The van der Waals surface area contributed by atoms with E-state index in [9.17, 15) is 18.0 Å². The summed E-state index contributed by atoms with van der Waals surface area (Å²) < 4.78 is 33.3. The predicted molar refractivity (Wildman–Crippen MR) is 137 cm³/mol. The van der Waals surface area contributed by atoms with Crippen LogP contribution in [0.5, 0.6) is 0 Å². The molecule has 0 saturated carbocycles. The van der Waals surface area contributed by atoms with Crippen molar-refractivity contribution in [3.63, 3.8) is 0 Å². The van der Waals surface area contributed by atoms with Crippen LogP contribution in [-0.4, -0.2) is 27.4 Å². The third-order valence-electron chi connectivity index (χ3n) is 5.37. The largest absolute Gasteiger partial charge is 0.465 e. The topological polar surface area (TPSA) is 102 Å². The number of esters is 1. The van der Waals surface area contributed by atoms with Crippen LogP contribution in [0.15, 0.2) is 83.8 Å². The monoisotopic (exact) mass is 508 g/mol. The highest BCUT2D eigenvalue weighted by Gasteiger charge is 2.14. The van der Waals surface area contributed by atoms with Crippen molar-refractivity contribution in [2.45, 2.75) is 24.3 Å². The molecule has 0 aliphatic heterocycles. The second-order valence-corrected chi connectivity index (χ2v) is 10.7. The number of thiophene rings is 1. The zero-order valence-electron chi connectivity index (χ0n) is 19.0. The van der Waals surface area contributed by atoms with E-state index >= 15 is 0 Å².